The summed E-state index contributed by atoms with van der Waals surface area (Å²) in [6, 6.07) is 5.69. The summed E-state index contributed by atoms with van der Waals surface area (Å²) < 4.78 is 2.05. The molecule has 0 bridgehead atoms. The number of halogens is 2. The monoisotopic (exact) mass is 311 g/mol. The summed E-state index contributed by atoms with van der Waals surface area (Å²) in [5.41, 5.74) is 2.16. The summed E-state index contributed by atoms with van der Waals surface area (Å²) >= 11 is 11.9. The van der Waals surface area contributed by atoms with Crippen molar-refractivity contribution in [2.45, 2.75) is 26.9 Å². The minimum atomic E-state index is 0.583. The lowest BCUT2D eigenvalue weighted by Gasteiger charge is -2.05. The Balaban J connectivity index is 1.93. The van der Waals surface area contributed by atoms with Gasteiger partial charge in [0.1, 0.15) is 0 Å². The Kier molecular flexibility index (Phi) is 5.46. The van der Waals surface area contributed by atoms with Gasteiger partial charge in [-0.25, -0.2) is 4.98 Å². The van der Waals surface area contributed by atoms with Crippen LogP contribution in [-0.2, 0) is 13.1 Å². The topological polar surface area (TPSA) is 29.9 Å². The van der Waals surface area contributed by atoms with Crippen LogP contribution in [0, 0.1) is 5.92 Å². The van der Waals surface area contributed by atoms with Crippen LogP contribution in [-0.4, -0.2) is 16.1 Å². The van der Waals surface area contributed by atoms with E-state index >= 15 is 0 Å². The Morgan fingerprint density at radius 3 is 2.75 bits per heavy atom. The van der Waals surface area contributed by atoms with E-state index in [1.54, 1.807) is 0 Å². The Hall–Kier alpha value is -1.03. The van der Waals surface area contributed by atoms with Crippen molar-refractivity contribution in [3.8, 4) is 0 Å². The standard InChI is InChI=1S/C15H19Cl2N3/c1-11(2)6-18-7-13-9-20(10-19-13)8-12-3-4-14(16)15(17)5-12/h3-5,9-11,18H,6-8H2,1-2H3. The van der Waals surface area contributed by atoms with Gasteiger partial charge in [0.25, 0.3) is 0 Å². The maximum Gasteiger partial charge on any atom is 0.0953 e. The number of benzene rings is 1. The van der Waals surface area contributed by atoms with Gasteiger partial charge in [0.2, 0.25) is 0 Å². The summed E-state index contributed by atoms with van der Waals surface area (Å²) in [6.07, 6.45) is 3.89. The first-order chi connectivity index (χ1) is 9.54. The van der Waals surface area contributed by atoms with E-state index in [1.165, 1.54) is 0 Å². The van der Waals surface area contributed by atoms with Gasteiger partial charge >= 0.3 is 0 Å². The molecule has 0 atom stereocenters. The molecule has 0 spiro atoms. The highest BCUT2D eigenvalue weighted by atomic mass is 35.5. The van der Waals surface area contributed by atoms with Crippen molar-refractivity contribution >= 4 is 23.2 Å². The van der Waals surface area contributed by atoms with Crippen LogP contribution in [0.3, 0.4) is 0 Å². The van der Waals surface area contributed by atoms with Gasteiger partial charge in [-0.05, 0) is 30.2 Å². The highest BCUT2D eigenvalue weighted by Gasteiger charge is 2.03. The first-order valence-electron chi connectivity index (χ1n) is 6.70. The van der Waals surface area contributed by atoms with Crippen molar-refractivity contribution in [2.24, 2.45) is 5.92 Å². The maximum atomic E-state index is 6.02. The molecule has 20 heavy (non-hydrogen) atoms. The quantitative estimate of drug-likeness (QED) is 0.874. The van der Waals surface area contributed by atoms with Crippen molar-refractivity contribution in [3.63, 3.8) is 0 Å². The molecular formula is C15H19Cl2N3. The molecule has 1 aromatic carbocycles. The van der Waals surface area contributed by atoms with Gasteiger partial charge in [0, 0.05) is 19.3 Å². The number of hydrogen-bond donors (Lipinski definition) is 1. The molecule has 0 aliphatic carbocycles. The fraction of sp³-hybridized carbons (Fsp3) is 0.400. The summed E-state index contributed by atoms with van der Waals surface area (Å²) in [4.78, 5) is 4.39. The molecule has 108 valence electrons. The predicted octanol–water partition coefficient (Wildman–Crippen LogP) is 3.98. The fourth-order valence-electron chi connectivity index (χ4n) is 1.92. The molecule has 0 unspecified atom stereocenters. The van der Waals surface area contributed by atoms with E-state index in [9.17, 15) is 0 Å². The third-order valence-corrected chi connectivity index (χ3v) is 3.63. The number of nitrogens with zero attached hydrogens (tertiary/aromatic N) is 2. The molecule has 1 aromatic heterocycles. The third kappa shape index (κ3) is 4.51. The molecule has 2 rings (SSSR count). The number of aromatic nitrogens is 2. The van der Waals surface area contributed by atoms with Crippen LogP contribution in [0.4, 0.5) is 0 Å². The van der Waals surface area contributed by atoms with E-state index in [-0.39, 0.29) is 0 Å². The predicted molar refractivity (Wildman–Crippen MR) is 84.3 cm³/mol. The lowest BCUT2D eigenvalue weighted by Crippen LogP contribution is -2.19. The lowest BCUT2D eigenvalue weighted by molar-refractivity contribution is 0.548. The SMILES string of the molecule is CC(C)CNCc1cn(Cc2ccc(Cl)c(Cl)c2)cn1. The normalized spacial score (nSPS) is 11.2. The van der Waals surface area contributed by atoms with Gasteiger partial charge in [0.15, 0.2) is 0 Å². The summed E-state index contributed by atoms with van der Waals surface area (Å²) in [5.74, 6) is 0.647. The van der Waals surface area contributed by atoms with Crippen LogP contribution in [0.5, 0.6) is 0 Å². The van der Waals surface area contributed by atoms with Crippen molar-refractivity contribution in [1.29, 1.82) is 0 Å². The zero-order valence-electron chi connectivity index (χ0n) is 11.7. The maximum absolute atomic E-state index is 6.02. The van der Waals surface area contributed by atoms with Gasteiger partial charge in [-0.2, -0.15) is 0 Å². The Labute approximate surface area is 129 Å². The molecule has 0 aliphatic rings. The lowest BCUT2D eigenvalue weighted by atomic mass is 10.2. The van der Waals surface area contributed by atoms with Gasteiger partial charge in [-0.1, -0.05) is 43.1 Å². The molecule has 0 amide bonds. The molecule has 3 nitrogen and oxygen atoms in total. The van der Waals surface area contributed by atoms with Crippen LogP contribution >= 0.6 is 23.2 Å². The van der Waals surface area contributed by atoms with Gasteiger partial charge in [0.05, 0.1) is 22.1 Å². The highest BCUT2D eigenvalue weighted by Crippen LogP contribution is 2.22. The molecule has 0 saturated heterocycles. The molecule has 2 aromatic rings. The van der Waals surface area contributed by atoms with E-state index in [0.29, 0.717) is 16.0 Å². The smallest absolute Gasteiger partial charge is 0.0953 e. The van der Waals surface area contributed by atoms with Crippen molar-refractivity contribution < 1.29 is 0 Å². The molecule has 1 N–H and O–H groups in total. The van der Waals surface area contributed by atoms with Crippen LogP contribution in [0.1, 0.15) is 25.1 Å². The molecule has 0 saturated carbocycles. The molecular weight excluding hydrogens is 293 g/mol. The van der Waals surface area contributed by atoms with E-state index in [1.807, 2.05) is 29.1 Å². The van der Waals surface area contributed by atoms with Crippen LogP contribution < -0.4 is 5.32 Å². The van der Waals surface area contributed by atoms with Gasteiger partial charge in [-0.15, -0.1) is 0 Å². The van der Waals surface area contributed by atoms with Crippen molar-refractivity contribution in [2.75, 3.05) is 6.54 Å². The van der Waals surface area contributed by atoms with Crippen LogP contribution in [0.15, 0.2) is 30.7 Å². The average molecular weight is 312 g/mol. The zero-order valence-corrected chi connectivity index (χ0v) is 13.2. The third-order valence-electron chi connectivity index (χ3n) is 2.89. The fourth-order valence-corrected chi connectivity index (χ4v) is 2.24. The first kappa shape index (κ1) is 15.4. The average Bonchev–Trinajstić information content (AvgIpc) is 2.81. The van der Waals surface area contributed by atoms with Crippen molar-refractivity contribution in [1.82, 2.24) is 14.9 Å². The zero-order chi connectivity index (χ0) is 14.5. The second kappa shape index (κ2) is 7.11. The molecule has 5 heteroatoms. The Morgan fingerprint density at radius 1 is 1.25 bits per heavy atom. The second-order valence-electron chi connectivity index (χ2n) is 5.31. The molecule has 0 radical (unpaired) electrons. The summed E-state index contributed by atoms with van der Waals surface area (Å²) in [5, 5.41) is 4.55. The minimum absolute atomic E-state index is 0.583. The van der Waals surface area contributed by atoms with E-state index in [2.05, 4.69) is 30.3 Å². The second-order valence-corrected chi connectivity index (χ2v) is 6.12. The van der Waals surface area contributed by atoms with E-state index < -0.39 is 0 Å². The molecule has 1 heterocycles. The minimum Gasteiger partial charge on any atom is -0.333 e. The number of nitrogens with one attached hydrogen (secondary N) is 1. The van der Waals surface area contributed by atoms with Crippen molar-refractivity contribution in [3.05, 3.63) is 52.0 Å². The van der Waals surface area contributed by atoms with Crippen LogP contribution in [0.2, 0.25) is 10.0 Å². The highest BCUT2D eigenvalue weighted by molar-refractivity contribution is 6.42. The summed E-state index contributed by atoms with van der Waals surface area (Å²) in [7, 11) is 0. The summed E-state index contributed by atoms with van der Waals surface area (Å²) in [6.45, 7) is 6.92. The van der Waals surface area contributed by atoms with Crippen LogP contribution in [0.25, 0.3) is 0 Å². The molecule has 0 fully saturated rings. The number of imidazole rings is 1. The largest absolute Gasteiger partial charge is 0.333 e. The van der Waals surface area contributed by atoms with E-state index in [0.717, 1.165) is 30.9 Å². The Bertz CT molecular complexity index is 564. The first-order valence-corrected chi connectivity index (χ1v) is 7.45. The van der Waals surface area contributed by atoms with E-state index in [4.69, 9.17) is 23.2 Å². The van der Waals surface area contributed by atoms with Gasteiger partial charge in [-0.3, -0.25) is 0 Å². The van der Waals surface area contributed by atoms with Gasteiger partial charge < -0.3 is 9.88 Å². The number of hydrogen-bond acceptors (Lipinski definition) is 2. The molecule has 0 aliphatic heterocycles. The number of rotatable bonds is 6. The Morgan fingerprint density at radius 2 is 2.05 bits per heavy atom.